The van der Waals surface area contributed by atoms with Crippen molar-refractivity contribution in [2.75, 3.05) is 46.8 Å². The van der Waals surface area contributed by atoms with Crippen molar-refractivity contribution >= 4 is 11.8 Å². The van der Waals surface area contributed by atoms with Crippen LogP contribution in [-0.2, 0) is 11.2 Å². The maximum Gasteiger partial charge on any atom is 0.270 e. The molecule has 1 N–H and O–H groups in total. The van der Waals surface area contributed by atoms with E-state index in [0.29, 0.717) is 18.0 Å². The van der Waals surface area contributed by atoms with Gasteiger partial charge >= 0.3 is 0 Å². The van der Waals surface area contributed by atoms with Crippen LogP contribution in [0.1, 0.15) is 55.2 Å². The van der Waals surface area contributed by atoms with E-state index in [9.17, 15) is 9.59 Å². The lowest BCUT2D eigenvalue weighted by molar-refractivity contribution is -0.139. The summed E-state index contributed by atoms with van der Waals surface area (Å²) in [6.45, 7) is 6.39. The van der Waals surface area contributed by atoms with Crippen molar-refractivity contribution in [1.82, 2.24) is 19.7 Å². The first-order valence-corrected chi connectivity index (χ1v) is 10.3. The minimum atomic E-state index is 0.110. The largest absolute Gasteiger partial charge is 0.354 e. The SMILES string of the molecule is CCc1ccc(C(=O)N2CCC3(CCC(=O)N(CCCN(C)C)C3)CC2)[nH]1. The van der Waals surface area contributed by atoms with Crippen LogP contribution in [0.3, 0.4) is 0 Å². The maximum absolute atomic E-state index is 12.7. The van der Waals surface area contributed by atoms with Crippen LogP contribution >= 0.6 is 0 Å². The van der Waals surface area contributed by atoms with Crippen molar-refractivity contribution in [3.63, 3.8) is 0 Å². The van der Waals surface area contributed by atoms with Gasteiger partial charge in [0.15, 0.2) is 0 Å². The normalized spacial score (nSPS) is 19.9. The molecule has 3 heterocycles. The molecule has 0 radical (unpaired) electrons. The van der Waals surface area contributed by atoms with E-state index < -0.39 is 0 Å². The summed E-state index contributed by atoms with van der Waals surface area (Å²) in [4.78, 5) is 34.5. The lowest BCUT2D eigenvalue weighted by Gasteiger charge is -2.47. The Hall–Kier alpha value is -1.82. The first-order chi connectivity index (χ1) is 12.9. The molecule has 0 saturated carbocycles. The third kappa shape index (κ3) is 4.72. The summed E-state index contributed by atoms with van der Waals surface area (Å²) in [7, 11) is 4.14. The monoisotopic (exact) mass is 374 g/mol. The van der Waals surface area contributed by atoms with Crippen LogP contribution in [0.15, 0.2) is 12.1 Å². The van der Waals surface area contributed by atoms with Crippen molar-refractivity contribution in [3.05, 3.63) is 23.5 Å². The van der Waals surface area contributed by atoms with E-state index in [0.717, 1.165) is 70.5 Å². The average molecular weight is 375 g/mol. The number of carbonyl (C=O) groups is 2. The molecule has 150 valence electrons. The molecule has 6 nitrogen and oxygen atoms in total. The number of likely N-dealkylation sites (tertiary alicyclic amines) is 2. The van der Waals surface area contributed by atoms with Crippen LogP contribution in [0, 0.1) is 5.41 Å². The Balaban J connectivity index is 1.55. The second-order valence-electron chi connectivity index (χ2n) is 8.52. The third-order valence-electron chi connectivity index (χ3n) is 6.25. The van der Waals surface area contributed by atoms with E-state index in [1.54, 1.807) is 0 Å². The van der Waals surface area contributed by atoms with Gasteiger partial charge in [0.05, 0.1) is 0 Å². The summed E-state index contributed by atoms with van der Waals surface area (Å²) in [6.07, 6.45) is 5.56. The molecular weight excluding hydrogens is 340 g/mol. The lowest BCUT2D eigenvalue weighted by atomic mass is 9.72. The molecular formula is C21H34N4O2. The van der Waals surface area contributed by atoms with E-state index in [1.165, 1.54) is 0 Å². The highest BCUT2D eigenvalue weighted by atomic mass is 16.2. The molecule has 27 heavy (non-hydrogen) atoms. The number of carbonyl (C=O) groups excluding carboxylic acids is 2. The summed E-state index contributed by atoms with van der Waals surface area (Å²) in [5.41, 5.74) is 2.01. The molecule has 0 aromatic carbocycles. The highest BCUT2D eigenvalue weighted by Crippen LogP contribution is 2.40. The number of aromatic amines is 1. The minimum absolute atomic E-state index is 0.110. The smallest absolute Gasteiger partial charge is 0.270 e. The van der Waals surface area contributed by atoms with Gasteiger partial charge in [-0.05, 0) is 70.3 Å². The van der Waals surface area contributed by atoms with E-state index in [4.69, 9.17) is 0 Å². The summed E-state index contributed by atoms with van der Waals surface area (Å²) in [6, 6.07) is 3.90. The first kappa shape index (κ1) is 19.9. The summed E-state index contributed by atoms with van der Waals surface area (Å²) in [5.74, 6) is 0.413. The zero-order valence-corrected chi connectivity index (χ0v) is 17.1. The molecule has 1 aromatic rings. The highest BCUT2D eigenvalue weighted by Gasteiger charge is 2.41. The van der Waals surface area contributed by atoms with E-state index >= 15 is 0 Å². The summed E-state index contributed by atoms with van der Waals surface area (Å²) < 4.78 is 0. The fourth-order valence-corrected chi connectivity index (χ4v) is 4.42. The molecule has 3 rings (SSSR count). The summed E-state index contributed by atoms with van der Waals surface area (Å²) >= 11 is 0. The van der Waals surface area contributed by atoms with Gasteiger partial charge < -0.3 is 19.7 Å². The van der Waals surface area contributed by atoms with Crippen LogP contribution in [-0.4, -0.2) is 78.3 Å². The zero-order valence-electron chi connectivity index (χ0n) is 17.1. The predicted molar refractivity (Wildman–Crippen MR) is 107 cm³/mol. The number of amides is 2. The molecule has 6 heteroatoms. The van der Waals surface area contributed by atoms with Gasteiger partial charge in [0.1, 0.15) is 5.69 Å². The number of aryl methyl sites for hydroxylation is 1. The molecule has 0 aliphatic carbocycles. The number of nitrogens with one attached hydrogen (secondary N) is 1. The van der Waals surface area contributed by atoms with Gasteiger partial charge in [0.2, 0.25) is 5.91 Å². The van der Waals surface area contributed by atoms with Crippen molar-refractivity contribution in [1.29, 1.82) is 0 Å². The molecule has 0 atom stereocenters. The van der Waals surface area contributed by atoms with Gasteiger partial charge in [0.25, 0.3) is 5.91 Å². The van der Waals surface area contributed by atoms with Crippen LogP contribution < -0.4 is 0 Å². The van der Waals surface area contributed by atoms with Gasteiger partial charge in [-0.3, -0.25) is 9.59 Å². The Morgan fingerprint density at radius 1 is 1.22 bits per heavy atom. The van der Waals surface area contributed by atoms with Gasteiger partial charge in [-0.1, -0.05) is 6.92 Å². The van der Waals surface area contributed by atoms with Crippen molar-refractivity contribution in [2.45, 2.75) is 45.4 Å². The fourth-order valence-electron chi connectivity index (χ4n) is 4.42. The molecule has 0 unspecified atom stereocenters. The molecule has 2 amide bonds. The summed E-state index contributed by atoms with van der Waals surface area (Å²) in [5, 5.41) is 0. The van der Waals surface area contributed by atoms with Gasteiger partial charge in [-0.15, -0.1) is 0 Å². The van der Waals surface area contributed by atoms with E-state index in [2.05, 4.69) is 35.8 Å². The lowest BCUT2D eigenvalue weighted by Crippen LogP contribution is -2.52. The number of aromatic nitrogens is 1. The van der Waals surface area contributed by atoms with Crippen LogP contribution in [0.25, 0.3) is 0 Å². The number of rotatable bonds is 6. The molecule has 2 fully saturated rings. The van der Waals surface area contributed by atoms with Crippen LogP contribution in [0.5, 0.6) is 0 Å². The van der Waals surface area contributed by atoms with Gasteiger partial charge in [-0.25, -0.2) is 0 Å². The predicted octanol–water partition coefficient (Wildman–Crippen LogP) is 2.37. The quantitative estimate of drug-likeness (QED) is 0.832. The zero-order chi connectivity index (χ0) is 19.4. The van der Waals surface area contributed by atoms with E-state index in [1.807, 2.05) is 17.0 Å². The second kappa shape index (κ2) is 8.46. The highest BCUT2D eigenvalue weighted by molar-refractivity contribution is 5.92. The number of hydrogen-bond acceptors (Lipinski definition) is 3. The standard InChI is InChI=1S/C21H34N4O2/c1-4-17-6-7-18(22-17)20(27)24-14-10-21(11-15-24)9-8-19(26)25(16-21)13-5-12-23(2)3/h6-7,22H,4-5,8-16H2,1-3H3. The Morgan fingerprint density at radius 3 is 2.59 bits per heavy atom. The number of nitrogens with zero attached hydrogens (tertiary/aromatic N) is 3. The number of hydrogen-bond donors (Lipinski definition) is 1. The van der Waals surface area contributed by atoms with Crippen LogP contribution in [0.2, 0.25) is 0 Å². The second-order valence-corrected chi connectivity index (χ2v) is 8.52. The van der Waals surface area contributed by atoms with Gasteiger partial charge in [0, 0.05) is 38.3 Å². The van der Waals surface area contributed by atoms with Crippen molar-refractivity contribution < 1.29 is 9.59 Å². The maximum atomic E-state index is 12.7. The number of H-pyrrole nitrogens is 1. The van der Waals surface area contributed by atoms with Crippen molar-refractivity contribution in [2.24, 2.45) is 5.41 Å². The molecule has 1 spiro atoms. The average Bonchev–Trinajstić information content (AvgIpc) is 3.14. The Morgan fingerprint density at radius 2 is 1.96 bits per heavy atom. The van der Waals surface area contributed by atoms with Gasteiger partial charge in [-0.2, -0.15) is 0 Å². The molecule has 0 bridgehead atoms. The molecule has 1 aromatic heterocycles. The third-order valence-corrected chi connectivity index (χ3v) is 6.25. The van der Waals surface area contributed by atoms with E-state index in [-0.39, 0.29) is 11.3 Å². The Kier molecular flexibility index (Phi) is 6.25. The topological polar surface area (TPSA) is 59.7 Å². The van der Waals surface area contributed by atoms with Crippen molar-refractivity contribution in [3.8, 4) is 0 Å². The number of piperidine rings is 2. The molecule has 2 aliphatic heterocycles. The first-order valence-electron chi connectivity index (χ1n) is 10.3. The van der Waals surface area contributed by atoms with Crippen LogP contribution in [0.4, 0.5) is 0 Å². The Bertz CT molecular complexity index is 659. The fraction of sp³-hybridized carbons (Fsp3) is 0.714. The minimum Gasteiger partial charge on any atom is -0.354 e. The molecule has 2 saturated heterocycles. The Labute approximate surface area is 162 Å². The molecule has 2 aliphatic rings.